The number of rotatable bonds is 4. The maximum Gasteiger partial charge on any atom is 0.310 e. The molecule has 2 fully saturated rings. The number of hydrogen-bond donors (Lipinski definition) is 1. The zero-order chi connectivity index (χ0) is 17.5. The van der Waals surface area contributed by atoms with Crippen LogP contribution in [0.25, 0.3) is 0 Å². The summed E-state index contributed by atoms with van der Waals surface area (Å²) in [6.45, 7) is 13.4. The van der Waals surface area contributed by atoms with Gasteiger partial charge in [-0.25, -0.2) is 0 Å². The predicted octanol–water partition coefficient (Wildman–Crippen LogP) is 3.20. The molecule has 5 nitrogen and oxygen atoms in total. The van der Waals surface area contributed by atoms with Gasteiger partial charge in [0.25, 0.3) is 0 Å². The molecule has 1 aromatic heterocycles. The van der Waals surface area contributed by atoms with Gasteiger partial charge in [-0.2, -0.15) is 5.10 Å². The van der Waals surface area contributed by atoms with Crippen LogP contribution >= 0.6 is 0 Å². The van der Waals surface area contributed by atoms with Crippen LogP contribution in [0.2, 0.25) is 0 Å². The van der Waals surface area contributed by atoms with Gasteiger partial charge in [0.2, 0.25) is 0 Å². The second kappa shape index (κ2) is 6.17. The van der Waals surface area contributed by atoms with E-state index in [2.05, 4.69) is 35.0 Å². The molecular formula is C19H31N3O2. The van der Waals surface area contributed by atoms with Crippen molar-refractivity contribution in [3.8, 4) is 0 Å². The number of aromatic nitrogens is 2. The monoisotopic (exact) mass is 333 g/mol. The van der Waals surface area contributed by atoms with Crippen LogP contribution in [0.4, 0.5) is 0 Å². The van der Waals surface area contributed by atoms with Gasteiger partial charge in [0, 0.05) is 24.4 Å². The van der Waals surface area contributed by atoms with Crippen molar-refractivity contribution in [2.24, 2.45) is 17.3 Å². The molecule has 134 valence electrons. The molecular weight excluding hydrogens is 302 g/mol. The first-order chi connectivity index (χ1) is 11.2. The smallest absolute Gasteiger partial charge is 0.310 e. The van der Waals surface area contributed by atoms with Gasteiger partial charge in [-0.15, -0.1) is 0 Å². The summed E-state index contributed by atoms with van der Waals surface area (Å²) in [5.74, 6) is 1.03. The van der Waals surface area contributed by atoms with E-state index in [9.17, 15) is 4.79 Å². The van der Waals surface area contributed by atoms with E-state index in [4.69, 9.17) is 4.74 Å². The van der Waals surface area contributed by atoms with Gasteiger partial charge in [0.05, 0.1) is 5.92 Å². The summed E-state index contributed by atoms with van der Waals surface area (Å²) in [6.07, 6.45) is 4.15. The Hall–Kier alpha value is -1.36. The van der Waals surface area contributed by atoms with Crippen LogP contribution in [-0.4, -0.2) is 46.3 Å². The molecule has 1 aromatic rings. The summed E-state index contributed by atoms with van der Waals surface area (Å²) < 4.78 is 5.61. The quantitative estimate of drug-likeness (QED) is 0.860. The minimum absolute atomic E-state index is 0.0233. The molecule has 1 saturated heterocycles. The molecule has 0 unspecified atom stereocenters. The SMILES string of the molecule is CC(C)(C)OC(=O)[C@@H]1[C@H](CN2CCC(c3ccn[nH]3)CC2)C1(C)C. The molecule has 1 saturated carbocycles. The Bertz CT molecular complexity index is 566. The number of nitrogens with zero attached hydrogens (tertiary/aromatic N) is 2. The van der Waals surface area contributed by atoms with Crippen LogP contribution in [0.1, 0.15) is 59.1 Å². The fourth-order valence-corrected chi connectivity index (χ4v) is 4.12. The second-order valence-corrected chi connectivity index (χ2v) is 9.03. The van der Waals surface area contributed by atoms with Crippen LogP contribution < -0.4 is 0 Å². The predicted molar refractivity (Wildman–Crippen MR) is 93.6 cm³/mol. The summed E-state index contributed by atoms with van der Waals surface area (Å²) in [7, 11) is 0. The first-order valence-electron chi connectivity index (χ1n) is 9.13. The maximum absolute atomic E-state index is 12.4. The number of H-pyrrole nitrogens is 1. The molecule has 2 atom stereocenters. The molecule has 0 bridgehead atoms. The molecule has 2 heterocycles. The number of esters is 1. The Morgan fingerprint density at radius 2 is 2.04 bits per heavy atom. The number of nitrogens with one attached hydrogen (secondary N) is 1. The molecule has 1 N–H and O–H groups in total. The fraction of sp³-hybridized carbons (Fsp3) is 0.789. The van der Waals surface area contributed by atoms with E-state index in [0.29, 0.717) is 11.8 Å². The molecule has 1 aliphatic heterocycles. The van der Waals surface area contributed by atoms with Crippen molar-refractivity contribution in [2.45, 2.75) is 59.0 Å². The first kappa shape index (κ1) is 17.5. The number of piperidine rings is 1. The number of aromatic amines is 1. The van der Waals surface area contributed by atoms with Gasteiger partial charge in [-0.3, -0.25) is 9.89 Å². The number of ether oxygens (including phenoxy) is 1. The lowest BCUT2D eigenvalue weighted by atomic mass is 9.93. The summed E-state index contributed by atoms with van der Waals surface area (Å²) in [6, 6.07) is 2.09. The molecule has 0 spiro atoms. The van der Waals surface area contributed by atoms with Gasteiger partial charge in [0.1, 0.15) is 5.60 Å². The zero-order valence-corrected chi connectivity index (χ0v) is 15.6. The van der Waals surface area contributed by atoms with Crippen molar-refractivity contribution in [2.75, 3.05) is 19.6 Å². The van der Waals surface area contributed by atoms with E-state index < -0.39 is 5.60 Å². The number of likely N-dealkylation sites (tertiary alicyclic amines) is 1. The summed E-state index contributed by atoms with van der Waals surface area (Å²) in [4.78, 5) is 15.0. The lowest BCUT2D eigenvalue weighted by Crippen LogP contribution is -2.35. The topological polar surface area (TPSA) is 58.2 Å². The van der Waals surface area contributed by atoms with Gasteiger partial charge in [0.15, 0.2) is 0 Å². The fourth-order valence-electron chi connectivity index (χ4n) is 4.12. The molecule has 0 radical (unpaired) electrons. The lowest BCUT2D eigenvalue weighted by Gasteiger charge is -2.31. The highest BCUT2D eigenvalue weighted by molar-refractivity contribution is 5.78. The lowest BCUT2D eigenvalue weighted by molar-refractivity contribution is -0.157. The van der Waals surface area contributed by atoms with Crippen molar-refractivity contribution < 1.29 is 9.53 Å². The average Bonchev–Trinajstić information content (AvgIpc) is 2.87. The normalized spacial score (nSPS) is 27.9. The van der Waals surface area contributed by atoms with Gasteiger partial charge < -0.3 is 9.64 Å². The standard InChI is InChI=1S/C19H31N3O2/c1-18(2,3)24-17(23)16-14(19(16,4)5)12-22-10-7-13(8-11-22)15-6-9-20-21-15/h6,9,13-14,16H,7-8,10-12H2,1-5H3,(H,20,21)/t14-,16-/m0/s1. The van der Waals surface area contributed by atoms with Crippen molar-refractivity contribution >= 4 is 5.97 Å². The third kappa shape index (κ3) is 3.66. The highest BCUT2D eigenvalue weighted by Crippen LogP contribution is 2.59. The number of carbonyl (C=O) groups excluding carboxylic acids is 1. The Kier molecular flexibility index (Phi) is 4.49. The van der Waals surface area contributed by atoms with E-state index in [0.717, 1.165) is 32.5 Å². The molecule has 0 aromatic carbocycles. The Labute approximate surface area is 145 Å². The Balaban J connectivity index is 1.51. The van der Waals surface area contributed by atoms with Crippen molar-refractivity contribution in [3.05, 3.63) is 18.0 Å². The van der Waals surface area contributed by atoms with Crippen LogP contribution in [0.15, 0.2) is 12.3 Å². The Morgan fingerprint density at radius 1 is 1.38 bits per heavy atom. The van der Waals surface area contributed by atoms with Crippen LogP contribution in [0.5, 0.6) is 0 Å². The molecule has 5 heteroatoms. The average molecular weight is 333 g/mol. The maximum atomic E-state index is 12.4. The van der Waals surface area contributed by atoms with Crippen LogP contribution in [0, 0.1) is 17.3 Å². The molecule has 2 aliphatic rings. The summed E-state index contributed by atoms with van der Waals surface area (Å²) in [5.41, 5.74) is 0.915. The highest BCUT2D eigenvalue weighted by Gasteiger charge is 2.63. The van der Waals surface area contributed by atoms with E-state index in [1.165, 1.54) is 5.69 Å². The first-order valence-corrected chi connectivity index (χ1v) is 9.13. The van der Waals surface area contributed by atoms with Crippen LogP contribution in [0.3, 0.4) is 0 Å². The van der Waals surface area contributed by atoms with E-state index in [-0.39, 0.29) is 17.3 Å². The van der Waals surface area contributed by atoms with Crippen molar-refractivity contribution in [1.82, 2.24) is 15.1 Å². The van der Waals surface area contributed by atoms with Crippen molar-refractivity contribution in [3.63, 3.8) is 0 Å². The minimum Gasteiger partial charge on any atom is -0.460 e. The summed E-state index contributed by atoms with van der Waals surface area (Å²) in [5, 5.41) is 7.16. The minimum atomic E-state index is -0.400. The van der Waals surface area contributed by atoms with E-state index in [1.807, 2.05) is 27.0 Å². The van der Waals surface area contributed by atoms with Gasteiger partial charge >= 0.3 is 5.97 Å². The van der Waals surface area contributed by atoms with E-state index >= 15 is 0 Å². The zero-order valence-electron chi connectivity index (χ0n) is 15.6. The largest absolute Gasteiger partial charge is 0.460 e. The van der Waals surface area contributed by atoms with Gasteiger partial charge in [-0.05, 0) is 64.1 Å². The summed E-state index contributed by atoms with van der Waals surface area (Å²) >= 11 is 0. The molecule has 0 amide bonds. The van der Waals surface area contributed by atoms with Crippen molar-refractivity contribution in [1.29, 1.82) is 0 Å². The number of hydrogen-bond acceptors (Lipinski definition) is 4. The van der Waals surface area contributed by atoms with Crippen LogP contribution in [-0.2, 0) is 9.53 Å². The second-order valence-electron chi connectivity index (χ2n) is 9.03. The van der Waals surface area contributed by atoms with E-state index in [1.54, 1.807) is 0 Å². The molecule has 3 rings (SSSR count). The Morgan fingerprint density at radius 3 is 2.58 bits per heavy atom. The third-order valence-electron chi connectivity index (χ3n) is 5.72. The molecule has 24 heavy (non-hydrogen) atoms. The third-order valence-corrected chi connectivity index (χ3v) is 5.72. The molecule has 1 aliphatic carbocycles. The highest BCUT2D eigenvalue weighted by atomic mass is 16.6. The number of carbonyl (C=O) groups is 1. The van der Waals surface area contributed by atoms with Gasteiger partial charge in [-0.1, -0.05) is 13.8 Å².